The second-order valence-corrected chi connectivity index (χ2v) is 11.2. The smallest absolute Gasteiger partial charge is 0.258 e. The SMILES string of the molecule is C#C.Cc1ccc(Oc2c(F)cc(S(=O)N(CCN(C)S(=O)c3cc(F)c(O)c(F)c3)CC(=O)NO)cc2F)cc1. The van der Waals surface area contributed by atoms with Gasteiger partial charge >= 0.3 is 0 Å². The molecule has 0 aliphatic carbocycles. The third-order valence-electron chi connectivity index (χ3n) is 5.23. The van der Waals surface area contributed by atoms with E-state index in [9.17, 15) is 35.9 Å². The Bertz CT molecular complexity index is 1410. The van der Waals surface area contributed by atoms with Crippen LogP contribution in [0, 0.1) is 43.0 Å². The predicted octanol–water partition coefficient (Wildman–Crippen LogP) is 3.78. The maximum Gasteiger partial charge on any atom is 0.258 e. The minimum atomic E-state index is -2.36. The summed E-state index contributed by atoms with van der Waals surface area (Å²) < 4.78 is 90.0. The van der Waals surface area contributed by atoms with Gasteiger partial charge in [0.05, 0.1) is 16.3 Å². The van der Waals surface area contributed by atoms with E-state index in [-0.39, 0.29) is 28.6 Å². The van der Waals surface area contributed by atoms with Crippen LogP contribution in [0.15, 0.2) is 58.3 Å². The average Bonchev–Trinajstić information content (AvgIpc) is 2.96. The van der Waals surface area contributed by atoms with Crippen LogP contribution in [0.2, 0.25) is 0 Å². The molecule has 0 aliphatic rings. The molecule has 0 radical (unpaired) electrons. The lowest BCUT2D eigenvalue weighted by Gasteiger charge is -2.23. The summed E-state index contributed by atoms with van der Waals surface area (Å²) >= 11 is 0. The van der Waals surface area contributed by atoms with Gasteiger partial charge in [-0.1, -0.05) is 17.7 Å². The lowest BCUT2D eigenvalue weighted by molar-refractivity contribution is -0.129. The summed E-state index contributed by atoms with van der Waals surface area (Å²) in [5, 5.41) is 18.1. The van der Waals surface area contributed by atoms with Crippen LogP contribution in [0.3, 0.4) is 0 Å². The van der Waals surface area contributed by atoms with Crippen LogP contribution in [-0.2, 0) is 26.8 Å². The Hall–Kier alpha value is -3.81. The van der Waals surface area contributed by atoms with Crippen molar-refractivity contribution in [3.05, 3.63) is 77.4 Å². The minimum Gasteiger partial charge on any atom is -0.503 e. The Morgan fingerprint density at radius 3 is 1.90 bits per heavy atom. The van der Waals surface area contributed by atoms with Crippen LogP contribution in [0.1, 0.15) is 5.56 Å². The molecule has 3 N–H and O–H groups in total. The van der Waals surface area contributed by atoms with Gasteiger partial charge in [0, 0.05) is 20.1 Å². The van der Waals surface area contributed by atoms with Gasteiger partial charge in [0.1, 0.15) is 27.7 Å². The number of phenols is 1. The molecule has 0 aromatic heterocycles. The molecule has 2 atom stereocenters. The van der Waals surface area contributed by atoms with Crippen LogP contribution in [0.4, 0.5) is 17.6 Å². The van der Waals surface area contributed by atoms with Crippen molar-refractivity contribution in [3.8, 4) is 30.1 Å². The van der Waals surface area contributed by atoms with Crippen molar-refractivity contribution < 1.29 is 45.8 Å². The summed E-state index contributed by atoms with van der Waals surface area (Å²) in [4.78, 5) is 11.1. The van der Waals surface area contributed by atoms with Crippen LogP contribution >= 0.6 is 0 Å². The fourth-order valence-corrected chi connectivity index (χ4v) is 5.39. The molecule has 3 aromatic rings. The lowest BCUT2D eigenvalue weighted by atomic mass is 10.2. The molecule has 1 amide bonds. The fraction of sp³-hybridized carbons (Fsp3) is 0.192. The quantitative estimate of drug-likeness (QED) is 0.131. The molecular formula is C26H25F4N3O6S2. The number of rotatable bonds is 11. The van der Waals surface area contributed by atoms with E-state index in [1.165, 1.54) is 24.7 Å². The van der Waals surface area contributed by atoms with Crippen molar-refractivity contribution in [3.63, 3.8) is 0 Å². The van der Waals surface area contributed by atoms with Crippen LogP contribution in [0.25, 0.3) is 0 Å². The second kappa shape index (κ2) is 15.3. The number of phenolic OH excluding ortho intramolecular Hbond substituents is 1. The van der Waals surface area contributed by atoms with Gasteiger partial charge in [-0.15, -0.1) is 12.8 Å². The van der Waals surface area contributed by atoms with E-state index in [1.807, 2.05) is 6.92 Å². The molecule has 0 heterocycles. The van der Waals surface area contributed by atoms with Gasteiger partial charge in [-0.05, 0) is 43.3 Å². The average molecular weight is 616 g/mol. The highest BCUT2D eigenvalue weighted by Gasteiger charge is 2.24. The molecule has 0 fully saturated rings. The summed E-state index contributed by atoms with van der Waals surface area (Å²) in [5.41, 5.74) is 2.26. The third kappa shape index (κ3) is 8.84. The number of carbonyl (C=O) groups excluding carboxylic acids is 1. The number of nitrogens with zero attached hydrogens (tertiary/aromatic N) is 2. The normalized spacial score (nSPS) is 12.4. The van der Waals surface area contributed by atoms with Crippen LogP contribution in [0.5, 0.6) is 17.2 Å². The highest BCUT2D eigenvalue weighted by Crippen LogP contribution is 2.30. The summed E-state index contributed by atoms with van der Waals surface area (Å²) in [6.07, 6.45) is 8.00. The largest absolute Gasteiger partial charge is 0.503 e. The van der Waals surface area contributed by atoms with Crippen molar-refractivity contribution in [2.45, 2.75) is 16.7 Å². The molecule has 3 rings (SSSR count). The number of hydrogen-bond acceptors (Lipinski definition) is 6. The zero-order valence-corrected chi connectivity index (χ0v) is 23.3. The number of aromatic hydroxyl groups is 1. The number of hydrogen-bond donors (Lipinski definition) is 3. The first-order chi connectivity index (χ1) is 19.4. The minimum absolute atomic E-state index is 0.165. The monoisotopic (exact) mass is 615 g/mol. The Morgan fingerprint density at radius 1 is 0.902 bits per heavy atom. The van der Waals surface area contributed by atoms with Crippen LogP contribution in [-0.4, -0.2) is 59.9 Å². The van der Waals surface area contributed by atoms with Crippen molar-refractivity contribution in [1.82, 2.24) is 14.1 Å². The molecule has 2 unspecified atom stereocenters. The standard InChI is InChI=1S/C24H23F4N3O6S2.C2H2/c1-14-3-5-15(6-4-14)37-24-20(27)11-17(12-21(24)28)39(36)31(13-22(32)29-34)8-7-30(2)38(35)16-9-18(25)23(33)19(26)10-16;1-2/h3-6,9-12,33-34H,7-8,13H2,1-2H3,(H,29,32);1-2H. The number of benzene rings is 3. The van der Waals surface area contributed by atoms with Crippen LogP contribution < -0.4 is 10.2 Å². The van der Waals surface area contributed by atoms with E-state index >= 15 is 0 Å². The molecule has 3 aromatic carbocycles. The topological polar surface area (TPSA) is 119 Å². The number of carbonyl (C=O) groups is 1. The second-order valence-electron chi connectivity index (χ2n) is 8.12. The molecule has 0 spiro atoms. The molecule has 220 valence electrons. The Labute approximate surface area is 238 Å². The van der Waals surface area contributed by atoms with Crippen molar-refractivity contribution in [2.24, 2.45) is 0 Å². The van der Waals surface area contributed by atoms with E-state index < -0.39 is 69.2 Å². The fourth-order valence-electron chi connectivity index (χ4n) is 3.18. The van der Waals surface area contributed by atoms with Gasteiger partial charge in [0.15, 0.2) is 34.8 Å². The molecule has 41 heavy (non-hydrogen) atoms. The number of aryl methyl sites for hydroxylation is 1. The Morgan fingerprint density at radius 2 is 1.39 bits per heavy atom. The number of amides is 1. The van der Waals surface area contributed by atoms with Crippen molar-refractivity contribution >= 4 is 27.9 Å². The van der Waals surface area contributed by atoms with E-state index in [2.05, 4.69) is 12.8 Å². The van der Waals surface area contributed by atoms with E-state index in [1.54, 1.807) is 12.1 Å². The zero-order valence-electron chi connectivity index (χ0n) is 21.6. The van der Waals surface area contributed by atoms with E-state index in [0.29, 0.717) is 12.1 Å². The number of hydroxylamine groups is 1. The summed E-state index contributed by atoms with van der Waals surface area (Å²) in [6, 6.07) is 9.24. The summed E-state index contributed by atoms with van der Waals surface area (Å²) in [7, 11) is -3.21. The molecule has 0 aliphatic heterocycles. The first kappa shape index (κ1) is 33.4. The number of terminal acetylenes is 1. The van der Waals surface area contributed by atoms with Gasteiger partial charge in [-0.25, -0.2) is 40.1 Å². The zero-order chi connectivity index (χ0) is 30.9. The predicted molar refractivity (Wildman–Crippen MR) is 142 cm³/mol. The van der Waals surface area contributed by atoms with Crippen molar-refractivity contribution in [2.75, 3.05) is 26.7 Å². The molecule has 15 heteroatoms. The first-order valence-electron chi connectivity index (χ1n) is 11.4. The third-order valence-corrected chi connectivity index (χ3v) is 8.04. The Balaban J connectivity index is 0.00000287. The first-order valence-corrected chi connectivity index (χ1v) is 13.6. The molecular weight excluding hydrogens is 590 g/mol. The molecule has 0 bridgehead atoms. The number of nitrogens with one attached hydrogen (secondary N) is 1. The highest BCUT2D eigenvalue weighted by molar-refractivity contribution is 7.83. The van der Waals surface area contributed by atoms with E-state index in [0.717, 1.165) is 26.3 Å². The maximum absolute atomic E-state index is 14.8. The van der Waals surface area contributed by atoms with Gasteiger partial charge < -0.3 is 9.84 Å². The van der Waals surface area contributed by atoms with Gasteiger partial charge in [-0.3, -0.25) is 10.0 Å². The number of likely N-dealkylation sites (N-methyl/N-ethyl adjacent to an activating group) is 1. The number of ether oxygens (including phenoxy) is 1. The van der Waals surface area contributed by atoms with Gasteiger partial charge in [0.25, 0.3) is 5.91 Å². The van der Waals surface area contributed by atoms with Crippen molar-refractivity contribution in [1.29, 1.82) is 0 Å². The maximum atomic E-state index is 14.8. The van der Waals surface area contributed by atoms with E-state index in [4.69, 9.17) is 9.94 Å². The summed E-state index contributed by atoms with van der Waals surface area (Å²) in [6.45, 7) is 0.591. The molecule has 0 saturated heterocycles. The number of halogens is 4. The Kier molecular flexibility index (Phi) is 12.4. The highest BCUT2D eigenvalue weighted by atomic mass is 32.2. The van der Waals surface area contributed by atoms with Gasteiger partial charge in [0.2, 0.25) is 0 Å². The summed E-state index contributed by atoms with van der Waals surface area (Å²) in [5.74, 6) is -7.79. The molecule has 0 saturated carbocycles. The van der Waals surface area contributed by atoms with Gasteiger partial charge in [-0.2, -0.15) is 0 Å². The molecule has 9 nitrogen and oxygen atoms in total. The lowest BCUT2D eigenvalue weighted by Crippen LogP contribution is -2.41.